The first kappa shape index (κ1) is 22.0. The molecule has 1 aliphatic heterocycles. The van der Waals surface area contributed by atoms with Gasteiger partial charge in [-0.2, -0.15) is 0 Å². The van der Waals surface area contributed by atoms with Crippen molar-refractivity contribution in [2.75, 3.05) is 51.7 Å². The van der Waals surface area contributed by atoms with Crippen LogP contribution in [0.5, 0.6) is 5.75 Å². The number of benzene rings is 1. The Balaban J connectivity index is 1.85. The number of para-hydroxylation sites is 2. The Morgan fingerprint density at radius 3 is 2.54 bits per heavy atom. The molecule has 0 fully saturated rings. The maximum Gasteiger partial charge on any atom is 0.240 e. The number of carbonyl (C=O) groups excluding carboxylic acids is 2. The SMILES string of the molecule is CCN1CC(CN(C)CC(=O)N(C)CC(=O)NC(C)(C)C)Oc2ccccc21. The first-order chi connectivity index (χ1) is 13.1. The van der Waals surface area contributed by atoms with Gasteiger partial charge in [0, 0.05) is 25.7 Å². The maximum absolute atomic E-state index is 12.5. The number of nitrogens with one attached hydrogen (secondary N) is 1. The van der Waals surface area contributed by atoms with E-state index in [1.165, 1.54) is 4.90 Å². The van der Waals surface area contributed by atoms with Crippen molar-refractivity contribution < 1.29 is 14.3 Å². The van der Waals surface area contributed by atoms with E-state index in [1.807, 2.05) is 50.9 Å². The third-order valence-electron chi connectivity index (χ3n) is 4.55. The number of rotatable bonds is 7. The standard InChI is InChI=1S/C21H34N4O3/c1-7-25-13-16(28-18-11-9-8-10-17(18)25)12-23(5)15-20(27)24(6)14-19(26)22-21(2,3)4/h8-11,16H,7,12-15H2,1-6H3,(H,22,26). The van der Waals surface area contributed by atoms with Crippen LogP contribution in [0, 0.1) is 0 Å². The van der Waals surface area contributed by atoms with Crippen LogP contribution in [0.3, 0.4) is 0 Å². The lowest BCUT2D eigenvalue weighted by Crippen LogP contribution is -2.49. The van der Waals surface area contributed by atoms with Gasteiger partial charge in [-0.1, -0.05) is 12.1 Å². The number of ether oxygens (including phenoxy) is 1. The summed E-state index contributed by atoms with van der Waals surface area (Å²) in [5, 5.41) is 2.87. The van der Waals surface area contributed by atoms with Gasteiger partial charge < -0.3 is 19.9 Å². The molecule has 2 amide bonds. The van der Waals surface area contributed by atoms with Crippen LogP contribution in [-0.4, -0.2) is 80.1 Å². The van der Waals surface area contributed by atoms with Gasteiger partial charge in [0.25, 0.3) is 0 Å². The van der Waals surface area contributed by atoms with E-state index >= 15 is 0 Å². The summed E-state index contributed by atoms with van der Waals surface area (Å²) < 4.78 is 6.12. The van der Waals surface area contributed by atoms with Gasteiger partial charge in [-0.25, -0.2) is 0 Å². The van der Waals surface area contributed by atoms with Crippen molar-refractivity contribution in [2.24, 2.45) is 0 Å². The summed E-state index contributed by atoms with van der Waals surface area (Å²) in [6.45, 7) is 10.5. The summed E-state index contributed by atoms with van der Waals surface area (Å²) in [6, 6.07) is 8.04. The van der Waals surface area contributed by atoms with Crippen LogP contribution in [0.4, 0.5) is 5.69 Å². The number of nitrogens with zero attached hydrogens (tertiary/aromatic N) is 3. The molecular weight excluding hydrogens is 356 g/mol. The van der Waals surface area contributed by atoms with Gasteiger partial charge in [-0.05, 0) is 46.9 Å². The fourth-order valence-electron chi connectivity index (χ4n) is 3.30. The Morgan fingerprint density at radius 1 is 1.21 bits per heavy atom. The molecule has 7 nitrogen and oxygen atoms in total. The molecule has 0 saturated carbocycles. The highest BCUT2D eigenvalue weighted by Gasteiger charge is 2.26. The number of likely N-dealkylation sites (N-methyl/N-ethyl adjacent to an activating group) is 3. The van der Waals surface area contributed by atoms with Crippen LogP contribution in [0.1, 0.15) is 27.7 Å². The van der Waals surface area contributed by atoms with Crippen molar-refractivity contribution in [3.05, 3.63) is 24.3 Å². The number of hydrogen-bond acceptors (Lipinski definition) is 5. The molecule has 1 heterocycles. The number of hydrogen-bond donors (Lipinski definition) is 1. The Morgan fingerprint density at radius 2 is 1.89 bits per heavy atom. The van der Waals surface area contributed by atoms with Gasteiger partial charge in [0.1, 0.15) is 11.9 Å². The van der Waals surface area contributed by atoms with Gasteiger partial charge in [-0.3, -0.25) is 14.5 Å². The average molecular weight is 391 g/mol. The highest BCUT2D eigenvalue weighted by atomic mass is 16.5. The van der Waals surface area contributed by atoms with Gasteiger partial charge in [0.05, 0.1) is 25.3 Å². The van der Waals surface area contributed by atoms with Crippen molar-refractivity contribution in [1.29, 1.82) is 0 Å². The van der Waals surface area contributed by atoms with Crippen molar-refractivity contribution in [1.82, 2.24) is 15.1 Å². The second-order valence-electron chi connectivity index (χ2n) is 8.49. The Bertz CT molecular complexity index is 686. The molecule has 7 heteroatoms. The van der Waals surface area contributed by atoms with Gasteiger partial charge in [-0.15, -0.1) is 0 Å². The molecule has 1 atom stereocenters. The minimum atomic E-state index is -0.308. The fourth-order valence-corrected chi connectivity index (χ4v) is 3.30. The van der Waals surface area contributed by atoms with Crippen LogP contribution >= 0.6 is 0 Å². The molecule has 0 aliphatic carbocycles. The summed E-state index contributed by atoms with van der Waals surface area (Å²) in [5.41, 5.74) is 0.807. The third kappa shape index (κ3) is 6.41. The lowest BCUT2D eigenvalue weighted by atomic mass is 10.1. The molecule has 1 aliphatic rings. The zero-order chi connectivity index (χ0) is 20.9. The van der Waals surface area contributed by atoms with Gasteiger partial charge in [0.15, 0.2) is 0 Å². The first-order valence-electron chi connectivity index (χ1n) is 9.83. The normalized spacial score (nSPS) is 16.4. The first-order valence-corrected chi connectivity index (χ1v) is 9.83. The highest BCUT2D eigenvalue weighted by Crippen LogP contribution is 2.32. The Hall–Kier alpha value is -2.28. The molecule has 0 spiro atoms. The number of amides is 2. The molecule has 1 aromatic rings. The molecule has 156 valence electrons. The molecule has 0 aromatic heterocycles. The topological polar surface area (TPSA) is 65.1 Å². The van der Waals surface area contributed by atoms with E-state index in [0.717, 1.165) is 24.5 Å². The van der Waals surface area contributed by atoms with Crippen molar-refractivity contribution in [2.45, 2.75) is 39.3 Å². The number of anilines is 1. The summed E-state index contributed by atoms with van der Waals surface area (Å²) in [4.78, 5) is 30.2. The van der Waals surface area contributed by atoms with Gasteiger partial charge in [0.2, 0.25) is 11.8 Å². The third-order valence-corrected chi connectivity index (χ3v) is 4.55. The smallest absolute Gasteiger partial charge is 0.240 e. The molecule has 1 aromatic carbocycles. The maximum atomic E-state index is 12.5. The van der Waals surface area contributed by atoms with E-state index in [1.54, 1.807) is 7.05 Å². The van der Waals surface area contributed by atoms with Crippen LogP contribution < -0.4 is 15.0 Å². The number of fused-ring (bicyclic) bond motifs is 1. The summed E-state index contributed by atoms with van der Waals surface area (Å²) in [6.07, 6.45) is -0.0119. The summed E-state index contributed by atoms with van der Waals surface area (Å²) >= 11 is 0. The van der Waals surface area contributed by atoms with Crippen molar-refractivity contribution >= 4 is 17.5 Å². The van der Waals surface area contributed by atoms with E-state index in [2.05, 4.69) is 23.2 Å². The predicted octanol–water partition coefficient (Wildman–Crippen LogP) is 1.58. The molecule has 0 saturated heterocycles. The Kier molecular flexibility index (Phi) is 7.29. The molecule has 2 rings (SSSR count). The Labute approximate surface area is 168 Å². The van der Waals surface area contributed by atoms with Crippen LogP contribution in [0.15, 0.2) is 24.3 Å². The van der Waals surface area contributed by atoms with Crippen LogP contribution in [0.25, 0.3) is 0 Å². The second kappa shape index (κ2) is 9.28. The van der Waals surface area contributed by atoms with E-state index in [9.17, 15) is 9.59 Å². The van der Waals surface area contributed by atoms with Gasteiger partial charge >= 0.3 is 0 Å². The minimum Gasteiger partial charge on any atom is -0.485 e. The largest absolute Gasteiger partial charge is 0.485 e. The zero-order valence-corrected chi connectivity index (χ0v) is 18.0. The van der Waals surface area contributed by atoms with E-state index < -0.39 is 0 Å². The van der Waals surface area contributed by atoms with Crippen molar-refractivity contribution in [3.8, 4) is 5.75 Å². The molecule has 0 radical (unpaired) electrons. The zero-order valence-electron chi connectivity index (χ0n) is 18.0. The molecule has 28 heavy (non-hydrogen) atoms. The highest BCUT2D eigenvalue weighted by molar-refractivity contribution is 5.85. The van der Waals surface area contributed by atoms with Crippen LogP contribution in [-0.2, 0) is 9.59 Å². The molecule has 1 N–H and O–H groups in total. The molecule has 1 unspecified atom stereocenters. The van der Waals surface area contributed by atoms with Crippen LogP contribution in [0.2, 0.25) is 0 Å². The number of carbonyl (C=O) groups is 2. The fraction of sp³-hybridized carbons (Fsp3) is 0.619. The lowest BCUT2D eigenvalue weighted by Gasteiger charge is -2.37. The van der Waals surface area contributed by atoms with E-state index in [-0.39, 0.29) is 36.5 Å². The van der Waals surface area contributed by atoms with Crippen molar-refractivity contribution in [3.63, 3.8) is 0 Å². The average Bonchev–Trinajstić information content (AvgIpc) is 2.58. The minimum absolute atomic E-state index is 0.0119. The monoisotopic (exact) mass is 390 g/mol. The molecular formula is C21H34N4O3. The second-order valence-corrected chi connectivity index (χ2v) is 8.49. The summed E-state index contributed by atoms with van der Waals surface area (Å²) in [7, 11) is 3.56. The quantitative estimate of drug-likeness (QED) is 0.766. The lowest BCUT2D eigenvalue weighted by molar-refractivity contribution is -0.136. The molecule has 0 bridgehead atoms. The summed E-state index contributed by atoms with van der Waals surface area (Å²) in [5.74, 6) is 0.642. The van der Waals surface area contributed by atoms with E-state index in [0.29, 0.717) is 6.54 Å². The van der Waals surface area contributed by atoms with E-state index in [4.69, 9.17) is 4.74 Å². The predicted molar refractivity (Wildman–Crippen MR) is 112 cm³/mol.